The molecule has 0 aromatic rings. The Balaban J connectivity index is 1.99. The topological polar surface area (TPSA) is 50.4 Å². The zero-order valence-corrected chi connectivity index (χ0v) is 11.7. The molecule has 0 radical (unpaired) electrons. The number of hydrogen-bond acceptors (Lipinski definition) is 3. The van der Waals surface area contributed by atoms with Crippen molar-refractivity contribution in [2.75, 3.05) is 13.1 Å². The molecule has 18 heavy (non-hydrogen) atoms. The standard InChI is InChI=1S/C14H24N2O2/c1-9-5-6-10-7-15-8-11(10)12(9)16-13(17)18-14(2,3)4/h5-6,9-12,15H,7-8H2,1-4H3,(H,16,17). The van der Waals surface area contributed by atoms with Crippen LogP contribution in [-0.2, 0) is 4.74 Å². The Hall–Kier alpha value is -1.03. The molecule has 2 N–H and O–H groups in total. The Bertz CT molecular complexity index is 346. The molecule has 4 atom stereocenters. The van der Waals surface area contributed by atoms with Crippen LogP contribution in [0, 0.1) is 17.8 Å². The number of rotatable bonds is 1. The van der Waals surface area contributed by atoms with Crippen molar-refractivity contribution in [1.82, 2.24) is 10.6 Å². The van der Waals surface area contributed by atoms with Gasteiger partial charge in [0.25, 0.3) is 0 Å². The number of amides is 1. The Labute approximate surface area is 109 Å². The maximum absolute atomic E-state index is 11.9. The number of alkyl carbamates (subject to hydrolysis) is 1. The molecule has 1 saturated heterocycles. The molecule has 4 nitrogen and oxygen atoms in total. The van der Waals surface area contributed by atoms with Gasteiger partial charge in [-0.15, -0.1) is 0 Å². The van der Waals surface area contributed by atoms with Crippen molar-refractivity contribution in [3.05, 3.63) is 12.2 Å². The van der Waals surface area contributed by atoms with Gasteiger partial charge in [-0.25, -0.2) is 4.79 Å². The van der Waals surface area contributed by atoms with Crippen LogP contribution in [0.4, 0.5) is 4.79 Å². The summed E-state index contributed by atoms with van der Waals surface area (Å²) in [5.41, 5.74) is -0.439. The van der Waals surface area contributed by atoms with Crippen LogP contribution >= 0.6 is 0 Å². The van der Waals surface area contributed by atoms with E-state index in [4.69, 9.17) is 4.74 Å². The van der Waals surface area contributed by atoms with Crippen LogP contribution < -0.4 is 10.6 Å². The maximum atomic E-state index is 11.9. The van der Waals surface area contributed by atoms with E-state index in [1.807, 2.05) is 20.8 Å². The summed E-state index contributed by atoms with van der Waals surface area (Å²) >= 11 is 0. The lowest BCUT2D eigenvalue weighted by atomic mass is 9.77. The van der Waals surface area contributed by atoms with Gasteiger partial charge in [0, 0.05) is 19.1 Å². The van der Waals surface area contributed by atoms with E-state index in [1.54, 1.807) is 0 Å². The summed E-state index contributed by atoms with van der Waals surface area (Å²) in [4.78, 5) is 11.9. The van der Waals surface area contributed by atoms with E-state index in [2.05, 4.69) is 29.7 Å². The van der Waals surface area contributed by atoms with Gasteiger partial charge >= 0.3 is 6.09 Å². The largest absolute Gasteiger partial charge is 0.444 e. The SMILES string of the molecule is CC1C=CC2CNCC2C1NC(=O)OC(C)(C)C. The van der Waals surface area contributed by atoms with Crippen molar-refractivity contribution in [2.24, 2.45) is 17.8 Å². The second-order valence-corrected chi connectivity index (χ2v) is 6.40. The van der Waals surface area contributed by atoms with E-state index in [1.165, 1.54) is 0 Å². The summed E-state index contributed by atoms with van der Waals surface area (Å²) in [6, 6.07) is 0.171. The first-order valence-corrected chi connectivity index (χ1v) is 6.75. The van der Waals surface area contributed by atoms with Crippen molar-refractivity contribution in [1.29, 1.82) is 0 Å². The Morgan fingerprint density at radius 1 is 1.33 bits per heavy atom. The molecule has 1 amide bonds. The van der Waals surface area contributed by atoms with E-state index in [-0.39, 0.29) is 12.1 Å². The molecule has 1 aliphatic carbocycles. The first kappa shape index (κ1) is 13.4. The monoisotopic (exact) mass is 252 g/mol. The highest BCUT2D eigenvalue weighted by molar-refractivity contribution is 5.68. The van der Waals surface area contributed by atoms with Crippen LogP contribution in [0.3, 0.4) is 0 Å². The van der Waals surface area contributed by atoms with Crippen LogP contribution in [0.15, 0.2) is 12.2 Å². The third kappa shape index (κ3) is 3.05. The Morgan fingerprint density at radius 2 is 2.06 bits per heavy atom. The molecule has 1 fully saturated rings. The molecule has 102 valence electrons. The first-order chi connectivity index (χ1) is 8.37. The maximum Gasteiger partial charge on any atom is 0.407 e. The molecule has 1 aliphatic heterocycles. The minimum absolute atomic E-state index is 0.171. The zero-order valence-electron chi connectivity index (χ0n) is 11.7. The van der Waals surface area contributed by atoms with Gasteiger partial charge in [0.05, 0.1) is 0 Å². The van der Waals surface area contributed by atoms with Crippen molar-refractivity contribution in [3.8, 4) is 0 Å². The third-order valence-electron chi connectivity index (χ3n) is 3.68. The van der Waals surface area contributed by atoms with Gasteiger partial charge < -0.3 is 15.4 Å². The lowest BCUT2D eigenvalue weighted by Gasteiger charge is -2.35. The minimum Gasteiger partial charge on any atom is -0.444 e. The molecule has 2 aliphatic rings. The third-order valence-corrected chi connectivity index (χ3v) is 3.68. The molecule has 2 rings (SSSR count). The van der Waals surface area contributed by atoms with E-state index in [0.29, 0.717) is 17.8 Å². The highest BCUT2D eigenvalue weighted by atomic mass is 16.6. The summed E-state index contributed by atoms with van der Waals surface area (Å²) in [6.45, 7) is 9.79. The summed E-state index contributed by atoms with van der Waals surface area (Å²) < 4.78 is 5.34. The molecule has 0 spiro atoms. The second kappa shape index (κ2) is 4.92. The van der Waals surface area contributed by atoms with Crippen molar-refractivity contribution in [3.63, 3.8) is 0 Å². The molecule has 0 aromatic heterocycles. The van der Waals surface area contributed by atoms with E-state index in [0.717, 1.165) is 13.1 Å². The van der Waals surface area contributed by atoms with E-state index >= 15 is 0 Å². The predicted molar refractivity (Wildman–Crippen MR) is 71.3 cm³/mol. The molecule has 4 unspecified atom stereocenters. The summed E-state index contributed by atoms with van der Waals surface area (Å²) in [7, 11) is 0. The van der Waals surface area contributed by atoms with Crippen molar-refractivity contribution in [2.45, 2.75) is 39.3 Å². The first-order valence-electron chi connectivity index (χ1n) is 6.75. The highest BCUT2D eigenvalue weighted by Crippen LogP contribution is 2.31. The fourth-order valence-corrected chi connectivity index (χ4v) is 2.83. The van der Waals surface area contributed by atoms with Crippen LogP contribution in [0.25, 0.3) is 0 Å². The number of ether oxygens (including phenoxy) is 1. The Morgan fingerprint density at radius 3 is 2.72 bits per heavy atom. The smallest absolute Gasteiger partial charge is 0.407 e. The highest BCUT2D eigenvalue weighted by Gasteiger charge is 2.38. The lowest BCUT2D eigenvalue weighted by molar-refractivity contribution is 0.0465. The molecule has 0 saturated carbocycles. The predicted octanol–water partition coefficient (Wildman–Crippen LogP) is 1.92. The second-order valence-electron chi connectivity index (χ2n) is 6.40. The number of hydrogen-bond donors (Lipinski definition) is 2. The number of nitrogens with one attached hydrogen (secondary N) is 2. The molecule has 0 bridgehead atoms. The van der Waals surface area contributed by atoms with Crippen LogP contribution in [0.1, 0.15) is 27.7 Å². The minimum atomic E-state index is -0.439. The average molecular weight is 252 g/mol. The molecular formula is C14H24N2O2. The van der Waals surface area contributed by atoms with Crippen molar-refractivity contribution < 1.29 is 9.53 Å². The van der Waals surface area contributed by atoms with Gasteiger partial charge in [-0.05, 0) is 38.5 Å². The van der Waals surface area contributed by atoms with Gasteiger partial charge in [-0.3, -0.25) is 0 Å². The summed E-state index contributed by atoms with van der Waals surface area (Å²) in [5, 5.41) is 6.44. The number of carbonyl (C=O) groups excluding carboxylic acids is 1. The van der Waals surface area contributed by atoms with Gasteiger partial charge in [-0.2, -0.15) is 0 Å². The zero-order chi connectivity index (χ0) is 13.3. The summed E-state index contributed by atoms with van der Waals surface area (Å²) in [6.07, 6.45) is 4.18. The molecule has 4 heteroatoms. The summed E-state index contributed by atoms with van der Waals surface area (Å²) in [5.74, 6) is 1.39. The number of fused-ring (bicyclic) bond motifs is 1. The Kier molecular flexibility index (Phi) is 3.66. The van der Waals surface area contributed by atoms with Gasteiger partial charge in [0.1, 0.15) is 5.60 Å². The van der Waals surface area contributed by atoms with Crippen molar-refractivity contribution >= 4 is 6.09 Å². The van der Waals surface area contributed by atoms with Gasteiger partial charge in [0.2, 0.25) is 0 Å². The fraction of sp³-hybridized carbons (Fsp3) is 0.786. The average Bonchev–Trinajstić information content (AvgIpc) is 2.67. The van der Waals surface area contributed by atoms with Crippen LogP contribution in [-0.4, -0.2) is 30.8 Å². The molecular weight excluding hydrogens is 228 g/mol. The van der Waals surface area contributed by atoms with Crippen LogP contribution in [0.2, 0.25) is 0 Å². The van der Waals surface area contributed by atoms with E-state index < -0.39 is 5.60 Å². The molecule has 1 heterocycles. The normalized spacial score (nSPS) is 35.1. The van der Waals surface area contributed by atoms with Gasteiger partial charge in [-0.1, -0.05) is 19.1 Å². The quantitative estimate of drug-likeness (QED) is 0.701. The van der Waals surface area contributed by atoms with E-state index in [9.17, 15) is 4.79 Å². The fourth-order valence-electron chi connectivity index (χ4n) is 2.83. The van der Waals surface area contributed by atoms with Gasteiger partial charge in [0.15, 0.2) is 0 Å². The molecule has 0 aromatic carbocycles. The van der Waals surface area contributed by atoms with Crippen LogP contribution in [0.5, 0.6) is 0 Å². The number of carbonyl (C=O) groups is 1. The lowest BCUT2D eigenvalue weighted by Crippen LogP contribution is -2.49.